The summed E-state index contributed by atoms with van der Waals surface area (Å²) in [5.41, 5.74) is 0.439. The first-order valence-electron chi connectivity index (χ1n) is 9.35. The van der Waals surface area contributed by atoms with Crippen LogP contribution in [0.1, 0.15) is 38.2 Å². The van der Waals surface area contributed by atoms with Crippen molar-refractivity contribution in [2.45, 2.75) is 39.2 Å². The summed E-state index contributed by atoms with van der Waals surface area (Å²) in [6, 6.07) is 6.47. The van der Waals surface area contributed by atoms with E-state index in [4.69, 9.17) is 0 Å². The lowest BCUT2D eigenvalue weighted by Crippen LogP contribution is -2.49. The first-order chi connectivity index (χ1) is 12.9. The maximum Gasteiger partial charge on any atom is 0.269 e. The van der Waals surface area contributed by atoms with Crippen LogP contribution in [0.2, 0.25) is 0 Å². The molecule has 1 fully saturated rings. The molecule has 1 saturated carbocycles. The normalized spacial score (nSPS) is 16.0. The summed E-state index contributed by atoms with van der Waals surface area (Å²) in [5.74, 6) is 0.767. The van der Waals surface area contributed by atoms with Crippen LogP contribution in [0.5, 0.6) is 0 Å². The van der Waals surface area contributed by atoms with Gasteiger partial charge in [0.15, 0.2) is 5.96 Å². The number of benzene rings is 1. The number of hydrogen-bond acceptors (Lipinski definition) is 4. The fourth-order valence-electron chi connectivity index (χ4n) is 3.53. The van der Waals surface area contributed by atoms with Crippen LogP contribution >= 0.6 is 0 Å². The van der Waals surface area contributed by atoms with E-state index in [1.54, 1.807) is 25.1 Å². The van der Waals surface area contributed by atoms with Gasteiger partial charge in [-0.2, -0.15) is 0 Å². The Hall–Kier alpha value is -2.64. The van der Waals surface area contributed by atoms with E-state index < -0.39 is 4.92 Å². The summed E-state index contributed by atoms with van der Waals surface area (Å²) in [7, 11) is 3.59. The van der Waals surface area contributed by atoms with E-state index in [-0.39, 0.29) is 17.0 Å². The lowest BCUT2D eigenvalue weighted by molar-refractivity contribution is -0.384. The third-order valence-electron chi connectivity index (χ3n) is 4.90. The SMILES string of the molecule is CCNC(=NCc1cccc([N+](=O)[O-])c1)NCC1(C(=O)N(C)C)CCCC1. The van der Waals surface area contributed by atoms with Gasteiger partial charge in [0.1, 0.15) is 0 Å². The van der Waals surface area contributed by atoms with Crippen LogP contribution in [0.3, 0.4) is 0 Å². The van der Waals surface area contributed by atoms with E-state index in [2.05, 4.69) is 15.6 Å². The highest BCUT2D eigenvalue weighted by Crippen LogP contribution is 2.38. The van der Waals surface area contributed by atoms with Crippen LogP contribution in [-0.2, 0) is 11.3 Å². The zero-order valence-electron chi connectivity index (χ0n) is 16.3. The molecule has 2 N–H and O–H groups in total. The van der Waals surface area contributed by atoms with Crippen LogP contribution in [-0.4, -0.2) is 48.9 Å². The molecule has 8 nitrogen and oxygen atoms in total. The molecule has 0 aliphatic heterocycles. The molecule has 0 spiro atoms. The van der Waals surface area contributed by atoms with Gasteiger partial charge in [-0.3, -0.25) is 14.9 Å². The molecule has 2 rings (SSSR count). The third-order valence-corrected chi connectivity index (χ3v) is 4.90. The van der Waals surface area contributed by atoms with Gasteiger partial charge in [-0.1, -0.05) is 25.0 Å². The van der Waals surface area contributed by atoms with Crippen molar-refractivity contribution >= 4 is 17.6 Å². The number of nitro groups is 1. The number of carbonyl (C=O) groups excluding carboxylic acids is 1. The van der Waals surface area contributed by atoms with E-state index in [1.807, 2.05) is 13.0 Å². The summed E-state index contributed by atoms with van der Waals surface area (Å²) in [4.78, 5) is 29.4. The molecule has 148 valence electrons. The van der Waals surface area contributed by atoms with E-state index >= 15 is 0 Å². The lowest BCUT2D eigenvalue weighted by atomic mass is 9.84. The van der Waals surface area contributed by atoms with Crippen LogP contribution in [0.4, 0.5) is 5.69 Å². The molecule has 1 aromatic carbocycles. The van der Waals surface area contributed by atoms with Gasteiger partial charge in [0, 0.05) is 39.3 Å². The van der Waals surface area contributed by atoms with Gasteiger partial charge in [0.25, 0.3) is 5.69 Å². The van der Waals surface area contributed by atoms with Crippen molar-refractivity contribution in [1.29, 1.82) is 0 Å². The lowest BCUT2D eigenvalue weighted by Gasteiger charge is -2.31. The first-order valence-corrected chi connectivity index (χ1v) is 9.35. The van der Waals surface area contributed by atoms with Gasteiger partial charge >= 0.3 is 0 Å². The average Bonchev–Trinajstić information content (AvgIpc) is 3.13. The zero-order valence-corrected chi connectivity index (χ0v) is 16.3. The molecular formula is C19H29N5O3. The van der Waals surface area contributed by atoms with Crippen molar-refractivity contribution in [2.24, 2.45) is 10.4 Å². The molecular weight excluding hydrogens is 346 g/mol. The second kappa shape index (κ2) is 9.34. The second-order valence-electron chi connectivity index (χ2n) is 7.16. The summed E-state index contributed by atoms with van der Waals surface area (Å²) in [6.07, 6.45) is 3.87. The van der Waals surface area contributed by atoms with E-state index in [0.29, 0.717) is 25.6 Å². The minimum absolute atomic E-state index is 0.0575. The molecule has 1 aromatic rings. The van der Waals surface area contributed by atoms with Crippen molar-refractivity contribution in [3.05, 3.63) is 39.9 Å². The molecule has 1 aliphatic carbocycles. The highest BCUT2D eigenvalue weighted by molar-refractivity contribution is 5.85. The van der Waals surface area contributed by atoms with Gasteiger partial charge in [-0.25, -0.2) is 4.99 Å². The number of nitrogens with one attached hydrogen (secondary N) is 2. The summed E-state index contributed by atoms with van der Waals surface area (Å²) < 4.78 is 0. The quantitative estimate of drug-likeness (QED) is 0.330. The monoisotopic (exact) mass is 375 g/mol. The summed E-state index contributed by atoms with van der Waals surface area (Å²) >= 11 is 0. The fourth-order valence-corrected chi connectivity index (χ4v) is 3.53. The molecule has 0 radical (unpaired) electrons. The largest absolute Gasteiger partial charge is 0.357 e. The number of amides is 1. The number of nitrogens with zero attached hydrogens (tertiary/aromatic N) is 3. The Morgan fingerprint density at radius 3 is 2.59 bits per heavy atom. The molecule has 0 heterocycles. The molecule has 1 amide bonds. The van der Waals surface area contributed by atoms with Gasteiger partial charge in [0.05, 0.1) is 16.9 Å². The number of carbonyl (C=O) groups is 1. The Bertz CT molecular complexity index is 696. The van der Waals surface area contributed by atoms with Crippen molar-refractivity contribution in [1.82, 2.24) is 15.5 Å². The molecule has 0 atom stereocenters. The Morgan fingerprint density at radius 2 is 2.00 bits per heavy atom. The van der Waals surface area contributed by atoms with Crippen molar-refractivity contribution in [3.63, 3.8) is 0 Å². The average molecular weight is 375 g/mol. The number of non-ortho nitro benzene ring substituents is 1. The Kier molecular flexibility index (Phi) is 7.15. The standard InChI is InChI=1S/C19H29N5O3/c1-4-20-18(21-13-15-8-7-9-16(12-15)24(26)27)22-14-19(10-5-6-11-19)17(25)23(2)3/h7-9,12H,4-6,10-11,13-14H2,1-3H3,(H2,20,21,22). The number of hydrogen-bond donors (Lipinski definition) is 2. The molecule has 1 aliphatic rings. The topological polar surface area (TPSA) is 99.9 Å². The van der Waals surface area contributed by atoms with E-state index in [9.17, 15) is 14.9 Å². The van der Waals surface area contributed by atoms with Crippen molar-refractivity contribution < 1.29 is 9.72 Å². The van der Waals surface area contributed by atoms with Crippen molar-refractivity contribution in [3.8, 4) is 0 Å². The number of rotatable bonds is 7. The summed E-state index contributed by atoms with van der Waals surface area (Å²) in [5, 5.41) is 17.4. The van der Waals surface area contributed by atoms with Crippen LogP contribution < -0.4 is 10.6 Å². The van der Waals surface area contributed by atoms with Gasteiger partial charge in [0.2, 0.25) is 5.91 Å². The number of guanidine groups is 1. The third kappa shape index (κ3) is 5.42. The molecule has 0 saturated heterocycles. The van der Waals surface area contributed by atoms with Gasteiger partial charge in [-0.05, 0) is 25.3 Å². The highest BCUT2D eigenvalue weighted by Gasteiger charge is 2.42. The zero-order chi connectivity index (χ0) is 19.9. The molecule has 0 bridgehead atoms. The number of nitro benzene ring substituents is 1. The van der Waals surface area contributed by atoms with Gasteiger partial charge in [-0.15, -0.1) is 0 Å². The number of aliphatic imine (C=N–C) groups is 1. The summed E-state index contributed by atoms with van der Waals surface area (Å²) in [6.45, 7) is 3.52. The Labute approximate surface area is 160 Å². The maximum atomic E-state index is 12.7. The van der Waals surface area contributed by atoms with Crippen molar-refractivity contribution in [2.75, 3.05) is 27.2 Å². The smallest absolute Gasteiger partial charge is 0.269 e. The van der Waals surface area contributed by atoms with Gasteiger partial charge < -0.3 is 15.5 Å². The minimum Gasteiger partial charge on any atom is -0.357 e. The molecule has 27 heavy (non-hydrogen) atoms. The fraction of sp³-hybridized carbons (Fsp3) is 0.579. The molecule has 0 unspecified atom stereocenters. The van der Waals surface area contributed by atoms with E-state index in [0.717, 1.165) is 31.2 Å². The van der Waals surface area contributed by atoms with Crippen LogP contribution in [0.15, 0.2) is 29.3 Å². The molecule has 8 heteroatoms. The predicted molar refractivity (Wildman–Crippen MR) is 106 cm³/mol. The first kappa shape index (κ1) is 20.7. The Balaban J connectivity index is 2.08. The predicted octanol–water partition coefficient (Wildman–Crippen LogP) is 2.30. The highest BCUT2D eigenvalue weighted by atomic mass is 16.6. The Morgan fingerprint density at radius 1 is 1.30 bits per heavy atom. The maximum absolute atomic E-state index is 12.7. The van der Waals surface area contributed by atoms with Crippen LogP contribution in [0.25, 0.3) is 0 Å². The minimum atomic E-state index is -0.409. The second-order valence-corrected chi connectivity index (χ2v) is 7.16. The van der Waals surface area contributed by atoms with E-state index in [1.165, 1.54) is 12.1 Å². The van der Waals surface area contributed by atoms with Crippen LogP contribution in [0, 0.1) is 15.5 Å². The molecule has 0 aromatic heterocycles.